The predicted octanol–water partition coefficient (Wildman–Crippen LogP) is 3.90. The van der Waals surface area contributed by atoms with Crippen LogP contribution >= 0.6 is 0 Å². The molecule has 4 aliphatic carbocycles. The van der Waals surface area contributed by atoms with Crippen LogP contribution in [0.1, 0.15) is 64.7 Å². The lowest BCUT2D eigenvalue weighted by Crippen LogP contribution is -2.49. The average Bonchev–Trinajstić information content (AvgIpc) is 2.98. The smallest absolute Gasteiger partial charge is 0.155 e. The third kappa shape index (κ3) is 2.50. The second-order valence-electron chi connectivity index (χ2n) is 8.59. The fourth-order valence-corrected chi connectivity index (χ4v) is 7.05. The molecule has 3 heteroatoms. The molecule has 1 unspecified atom stereocenters. The molecule has 0 heterocycles. The zero-order valence-corrected chi connectivity index (χ0v) is 15.0. The summed E-state index contributed by atoms with van der Waals surface area (Å²) in [6.07, 6.45) is 12.9. The first-order chi connectivity index (χ1) is 11.7. The van der Waals surface area contributed by atoms with Crippen molar-refractivity contribution in [1.29, 1.82) is 0 Å². The maximum Gasteiger partial charge on any atom is 0.155 e. The number of hydrogen-bond donors (Lipinski definition) is 1. The van der Waals surface area contributed by atoms with Gasteiger partial charge < -0.3 is 9.84 Å². The zero-order chi connectivity index (χ0) is 16.7. The van der Waals surface area contributed by atoms with Crippen LogP contribution in [0.3, 0.4) is 0 Å². The first-order valence-electron chi connectivity index (χ1n) is 10.2. The molecule has 4 rings (SSSR count). The predicted molar refractivity (Wildman–Crippen MR) is 93.5 cm³/mol. The SMILES string of the molecule is CCC12CC[C@H]3[C@@H](CCC4=CC(=O)CC[C@@H]43)[C@@H]1CC[C@@H]2OCCO. The number of ether oxygens (including phenoxy) is 1. The lowest BCUT2D eigenvalue weighted by atomic mass is 9.51. The Morgan fingerprint density at radius 1 is 1.17 bits per heavy atom. The van der Waals surface area contributed by atoms with E-state index in [1.807, 2.05) is 6.08 Å². The topological polar surface area (TPSA) is 46.5 Å². The Hall–Kier alpha value is -0.670. The van der Waals surface area contributed by atoms with Gasteiger partial charge in [-0.15, -0.1) is 0 Å². The molecule has 0 aromatic rings. The van der Waals surface area contributed by atoms with Gasteiger partial charge in [-0.05, 0) is 86.5 Å². The van der Waals surface area contributed by atoms with Crippen LogP contribution in [0.5, 0.6) is 0 Å². The van der Waals surface area contributed by atoms with Gasteiger partial charge in [0.2, 0.25) is 0 Å². The van der Waals surface area contributed by atoms with Gasteiger partial charge in [0, 0.05) is 6.42 Å². The number of carbonyl (C=O) groups is 1. The van der Waals surface area contributed by atoms with E-state index in [1.165, 1.54) is 44.1 Å². The molecule has 0 aromatic heterocycles. The first-order valence-corrected chi connectivity index (χ1v) is 10.2. The monoisotopic (exact) mass is 332 g/mol. The van der Waals surface area contributed by atoms with Crippen LogP contribution in [0.4, 0.5) is 0 Å². The molecule has 3 saturated carbocycles. The number of aliphatic hydroxyl groups is 1. The molecule has 6 atom stereocenters. The van der Waals surface area contributed by atoms with E-state index in [4.69, 9.17) is 9.84 Å². The normalized spacial score (nSPS) is 44.5. The summed E-state index contributed by atoms with van der Waals surface area (Å²) in [6, 6.07) is 0. The third-order valence-electron chi connectivity index (χ3n) is 8.01. The van der Waals surface area contributed by atoms with Gasteiger partial charge in [-0.25, -0.2) is 0 Å². The van der Waals surface area contributed by atoms with Crippen molar-refractivity contribution >= 4 is 5.78 Å². The number of aliphatic hydroxyl groups excluding tert-OH is 1. The van der Waals surface area contributed by atoms with Crippen molar-refractivity contribution in [1.82, 2.24) is 0 Å². The highest BCUT2D eigenvalue weighted by Gasteiger charge is 2.57. The highest BCUT2D eigenvalue weighted by Crippen LogP contribution is 2.63. The Labute approximate surface area is 145 Å². The largest absolute Gasteiger partial charge is 0.394 e. The average molecular weight is 332 g/mol. The van der Waals surface area contributed by atoms with Gasteiger partial charge in [-0.2, -0.15) is 0 Å². The molecule has 4 aliphatic rings. The minimum absolute atomic E-state index is 0.136. The van der Waals surface area contributed by atoms with Gasteiger partial charge in [0.1, 0.15) is 0 Å². The molecule has 0 aliphatic heterocycles. The van der Waals surface area contributed by atoms with E-state index < -0.39 is 0 Å². The van der Waals surface area contributed by atoms with Crippen LogP contribution in [0.25, 0.3) is 0 Å². The van der Waals surface area contributed by atoms with Gasteiger partial charge >= 0.3 is 0 Å². The summed E-state index contributed by atoms with van der Waals surface area (Å²) in [5.74, 6) is 3.48. The molecule has 24 heavy (non-hydrogen) atoms. The van der Waals surface area contributed by atoms with E-state index in [9.17, 15) is 4.79 Å². The van der Waals surface area contributed by atoms with Crippen LogP contribution in [0, 0.1) is 29.1 Å². The highest BCUT2D eigenvalue weighted by atomic mass is 16.5. The molecular formula is C21H32O3. The van der Waals surface area contributed by atoms with Gasteiger partial charge in [0.25, 0.3) is 0 Å². The van der Waals surface area contributed by atoms with E-state index in [0.717, 1.165) is 37.0 Å². The summed E-state index contributed by atoms with van der Waals surface area (Å²) in [7, 11) is 0. The van der Waals surface area contributed by atoms with E-state index in [-0.39, 0.29) is 6.61 Å². The van der Waals surface area contributed by atoms with Crippen molar-refractivity contribution in [3.8, 4) is 0 Å². The molecular weight excluding hydrogens is 300 g/mol. The van der Waals surface area contributed by atoms with E-state index in [1.54, 1.807) is 0 Å². The lowest BCUT2D eigenvalue weighted by molar-refractivity contribution is -0.117. The molecule has 0 amide bonds. The number of fused-ring (bicyclic) bond motifs is 5. The standard InChI is InChI=1S/C21H32O3/c1-2-21-10-9-17-16-6-4-15(23)13-14(16)3-5-18(17)19(21)7-8-20(21)24-12-11-22/h13,16-20,22H,2-12H2,1H3/t16-,17+,18+,19-,20-,21?/m0/s1. The minimum atomic E-state index is 0.136. The fourth-order valence-electron chi connectivity index (χ4n) is 7.05. The molecule has 134 valence electrons. The Kier molecular flexibility index (Phi) is 4.59. The maximum atomic E-state index is 11.8. The lowest BCUT2D eigenvalue weighted by Gasteiger charge is -2.54. The second-order valence-corrected chi connectivity index (χ2v) is 8.59. The molecule has 3 fully saturated rings. The first kappa shape index (κ1) is 16.8. The number of hydrogen-bond acceptors (Lipinski definition) is 3. The summed E-state index contributed by atoms with van der Waals surface area (Å²) in [5.41, 5.74) is 1.82. The number of carbonyl (C=O) groups excluding carboxylic acids is 1. The summed E-state index contributed by atoms with van der Waals surface area (Å²) < 4.78 is 6.11. The van der Waals surface area contributed by atoms with Crippen molar-refractivity contribution in [2.45, 2.75) is 70.8 Å². The van der Waals surface area contributed by atoms with Crippen LogP contribution in [0.15, 0.2) is 11.6 Å². The van der Waals surface area contributed by atoms with Crippen LogP contribution < -0.4 is 0 Å². The highest BCUT2D eigenvalue weighted by molar-refractivity contribution is 5.91. The Bertz CT molecular complexity index is 525. The van der Waals surface area contributed by atoms with Crippen molar-refractivity contribution in [2.24, 2.45) is 29.1 Å². The van der Waals surface area contributed by atoms with E-state index in [2.05, 4.69) is 6.92 Å². The molecule has 0 radical (unpaired) electrons. The van der Waals surface area contributed by atoms with E-state index >= 15 is 0 Å². The quantitative estimate of drug-likeness (QED) is 0.849. The third-order valence-corrected chi connectivity index (χ3v) is 8.01. The molecule has 3 nitrogen and oxygen atoms in total. The van der Waals surface area contributed by atoms with Crippen LogP contribution in [-0.4, -0.2) is 30.2 Å². The minimum Gasteiger partial charge on any atom is -0.394 e. The molecule has 0 saturated heterocycles. The van der Waals surface area contributed by atoms with Crippen molar-refractivity contribution in [3.05, 3.63) is 11.6 Å². The summed E-state index contributed by atoms with van der Waals surface area (Å²) in [6.45, 7) is 2.98. The van der Waals surface area contributed by atoms with Gasteiger partial charge in [-0.1, -0.05) is 12.5 Å². The Morgan fingerprint density at radius 3 is 2.83 bits per heavy atom. The van der Waals surface area contributed by atoms with Crippen molar-refractivity contribution < 1.29 is 14.6 Å². The molecule has 0 spiro atoms. The van der Waals surface area contributed by atoms with Crippen molar-refractivity contribution in [2.75, 3.05) is 13.2 Å². The number of ketones is 1. The summed E-state index contributed by atoms with van der Waals surface area (Å²) in [5, 5.41) is 9.16. The Morgan fingerprint density at radius 2 is 2.04 bits per heavy atom. The second kappa shape index (κ2) is 6.57. The van der Waals surface area contributed by atoms with Gasteiger partial charge in [0.15, 0.2) is 5.78 Å². The van der Waals surface area contributed by atoms with Gasteiger partial charge in [-0.3, -0.25) is 4.79 Å². The maximum absolute atomic E-state index is 11.8. The fraction of sp³-hybridized carbons (Fsp3) is 0.857. The number of rotatable bonds is 4. The molecule has 0 aromatic carbocycles. The Balaban J connectivity index is 1.57. The molecule has 0 bridgehead atoms. The van der Waals surface area contributed by atoms with Crippen LogP contribution in [0.2, 0.25) is 0 Å². The zero-order valence-electron chi connectivity index (χ0n) is 15.0. The van der Waals surface area contributed by atoms with E-state index in [0.29, 0.717) is 29.8 Å². The number of allylic oxidation sites excluding steroid dienone is 1. The summed E-state index contributed by atoms with van der Waals surface area (Å²) in [4.78, 5) is 11.8. The molecule has 1 N–H and O–H groups in total. The van der Waals surface area contributed by atoms with Crippen LogP contribution in [-0.2, 0) is 9.53 Å². The summed E-state index contributed by atoms with van der Waals surface area (Å²) >= 11 is 0. The van der Waals surface area contributed by atoms with Gasteiger partial charge in [0.05, 0.1) is 19.3 Å². The van der Waals surface area contributed by atoms with Crippen molar-refractivity contribution in [3.63, 3.8) is 0 Å².